The number of phosphoric acid groups is 1. The van der Waals surface area contributed by atoms with Crippen LogP contribution in [-0.4, -0.2) is 70.0 Å². The van der Waals surface area contributed by atoms with Gasteiger partial charge in [-0.05, 0) is 96.3 Å². The molecule has 0 fully saturated rings. The van der Waals surface area contributed by atoms with E-state index in [0.717, 1.165) is 83.5 Å². The minimum absolute atomic E-state index is 0.0464. The van der Waals surface area contributed by atoms with Crippen LogP contribution in [0.25, 0.3) is 0 Å². The maximum absolute atomic E-state index is 12.7. The fourth-order valence-electron chi connectivity index (χ4n) is 6.04. The Labute approximate surface area is 385 Å². The summed E-state index contributed by atoms with van der Waals surface area (Å²) in [7, 11) is 1.11. The number of rotatable bonds is 43. The third kappa shape index (κ3) is 48.2. The fraction of sp³-hybridized carbons (Fsp3) is 0.660. The molecule has 0 aromatic carbocycles. The van der Waals surface area contributed by atoms with E-state index in [4.69, 9.17) is 18.5 Å². The Kier molecular flexibility index (Phi) is 42.0. The van der Waals surface area contributed by atoms with Crippen LogP contribution >= 0.6 is 7.82 Å². The molecule has 63 heavy (non-hydrogen) atoms. The summed E-state index contributed by atoms with van der Waals surface area (Å²) in [6.07, 6.45) is 58.6. The van der Waals surface area contributed by atoms with Gasteiger partial charge < -0.3 is 27.9 Å². The second-order valence-electron chi connectivity index (χ2n) is 17.1. The van der Waals surface area contributed by atoms with Crippen molar-refractivity contribution >= 4 is 19.8 Å². The highest BCUT2D eigenvalue weighted by atomic mass is 31.2. The molecule has 0 radical (unpaired) electrons. The quantitative estimate of drug-likeness (QED) is 0.0196. The van der Waals surface area contributed by atoms with Crippen molar-refractivity contribution < 1.29 is 42.1 Å². The highest BCUT2D eigenvalue weighted by Crippen LogP contribution is 2.38. The molecule has 0 saturated carbocycles. The zero-order chi connectivity index (χ0) is 46.4. The van der Waals surface area contributed by atoms with Gasteiger partial charge in [0.25, 0.3) is 7.82 Å². The molecule has 2 unspecified atom stereocenters. The molecule has 0 N–H and O–H groups in total. The van der Waals surface area contributed by atoms with Crippen LogP contribution in [0.5, 0.6) is 0 Å². The minimum atomic E-state index is -4.65. The first-order chi connectivity index (χ1) is 30.5. The average Bonchev–Trinajstić information content (AvgIpc) is 3.24. The summed E-state index contributed by atoms with van der Waals surface area (Å²) >= 11 is 0. The van der Waals surface area contributed by atoms with Crippen molar-refractivity contribution in [2.45, 2.75) is 180 Å². The van der Waals surface area contributed by atoms with E-state index in [1.165, 1.54) is 51.4 Å². The van der Waals surface area contributed by atoms with Gasteiger partial charge in [-0.3, -0.25) is 14.2 Å². The molecule has 0 amide bonds. The normalized spacial score (nSPS) is 14.3. The number of hydrogen-bond donors (Lipinski definition) is 0. The number of carbonyl (C=O) groups is 2. The standard InChI is InChI=1S/C53H90NO8P/c1-6-8-10-12-14-16-18-20-22-24-26-27-28-30-32-34-36-38-40-42-44-46-53(56)62-51(50-61-63(57,58)60-48-47-54(3,4)5)49-59-52(55)45-43-41-39-37-35-33-31-29-25-23-21-19-17-15-13-11-9-7-2/h8,10,14,16-17,19-20,22-23,25-27,30,32,36,38,51H,6-7,9,11-13,15,18,21,24,28-29,31,33-35,37,39-50H2,1-5H3/b10-8-,16-14-,19-17-,22-20-,25-23-,27-26-,32-30-,38-36-. The molecule has 0 heterocycles. The van der Waals surface area contributed by atoms with E-state index in [2.05, 4.69) is 111 Å². The number of carbonyl (C=O) groups excluding carboxylic acids is 2. The van der Waals surface area contributed by atoms with Crippen molar-refractivity contribution in [2.75, 3.05) is 47.5 Å². The van der Waals surface area contributed by atoms with Crippen LogP contribution in [0, 0.1) is 0 Å². The summed E-state index contributed by atoms with van der Waals surface area (Å²) in [4.78, 5) is 37.7. The largest absolute Gasteiger partial charge is 0.756 e. The smallest absolute Gasteiger partial charge is 0.306 e. The lowest BCUT2D eigenvalue weighted by molar-refractivity contribution is -0.870. The molecule has 0 saturated heterocycles. The van der Waals surface area contributed by atoms with Crippen molar-refractivity contribution in [2.24, 2.45) is 0 Å². The van der Waals surface area contributed by atoms with Crippen molar-refractivity contribution in [3.8, 4) is 0 Å². The molecule has 10 heteroatoms. The summed E-state index contributed by atoms with van der Waals surface area (Å²) in [5, 5.41) is 0. The van der Waals surface area contributed by atoms with Gasteiger partial charge >= 0.3 is 11.9 Å². The van der Waals surface area contributed by atoms with Gasteiger partial charge in [-0.1, -0.05) is 162 Å². The van der Waals surface area contributed by atoms with Crippen LogP contribution in [-0.2, 0) is 32.7 Å². The van der Waals surface area contributed by atoms with Crippen molar-refractivity contribution in [1.29, 1.82) is 0 Å². The lowest BCUT2D eigenvalue weighted by Crippen LogP contribution is -2.37. The molecule has 0 aromatic rings. The maximum Gasteiger partial charge on any atom is 0.306 e. The number of unbranched alkanes of at least 4 members (excludes halogenated alkanes) is 13. The number of allylic oxidation sites excluding steroid dienone is 16. The summed E-state index contributed by atoms with van der Waals surface area (Å²) in [6.45, 7) is 4.02. The molecule has 0 aliphatic rings. The minimum Gasteiger partial charge on any atom is -0.756 e. The molecule has 9 nitrogen and oxygen atoms in total. The fourth-order valence-corrected chi connectivity index (χ4v) is 6.77. The predicted octanol–water partition coefficient (Wildman–Crippen LogP) is 13.9. The first-order valence-electron chi connectivity index (χ1n) is 24.4. The van der Waals surface area contributed by atoms with Gasteiger partial charge in [-0.15, -0.1) is 0 Å². The first kappa shape index (κ1) is 59.9. The molecule has 0 aliphatic heterocycles. The Hall–Kier alpha value is -3.07. The van der Waals surface area contributed by atoms with Gasteiger partial charge in [0, 0.05) is 12.8 Å². The number of esters is 2. The zero-order valence-corrected chi connectivity index (χ0v) is 41.4. The van der Waals surface area contributed by atoms with E-state index in [1.807, 2.05) is 21.1 Å². The number of likely N-dealkylation sites (N-methyl/N-ethyl adjacent to an activating group) is 1. The Morgan fingerprint density at radius 2 is 0.905 bits per heavy atom. The van der Waals surface area contributed by atoms with Crippen LogP contribution in [0.4, 0.5) is 0 Å². The number of phosphoric ester groups is 1. The topological polar surface area (TPSA) is 111 Å². The number of nitrogens with zero attached hydrogens (tertiary/aromatic N) is 1. The molecule has 0 aliphatic carbocycles. The van der Waals surface area contributed by atoms with Crippen LogP contribution in [0.3, 0.4) is 0 Å². The maximum atomic E-state index is 12.7. The van der Waals surface area contributed by atoms with E-state index >= 15 is 0 Å². The third-order valence-electron chi connectivity index (χ3n) is 9.84. The Bertz CT molecular complexity index is 1390. The lowest BCUT2D eigenvalue weighted by Gasteiger charge is -2.28. The SMILES string of the molecule is CC/C=C\C/C=C\C/C=C\C/C=C\C/C=C\C/C=C\CCCCC(=O)OC(COC(=O)CCCCCCCCC/C=C\C/C=C\CCCCCC)COP(=O)([O-])OCC[N+](C)(C)C. The first-order valence-corrected chi connectivity index (χ1v) is 25.9. The second kappa shape index (κ2) is 44.1. The molecule has 0 rings (SSSR count). The summed E-state index contributed by atoms with van der Waals surface area (Å²) in [6, 6.07) is 0. The van der Waals surface area contributed by atoms with Crippen LogP contribution < -0.4 is 4.89 Å². The van der Waals surface area contributed by atoms with E-state index in [9.17, 15) is 19.0 Å². The van der Waals surface area contributed by atoms with Crippen molar-refractivity contribution in [3.63, 3.8) is 0 Å². The summed E-state index contributed by atoms with van der Waals surface area (Å²) in [5.41, 5.74) is 0. The Morgan fingerprint density at radius 3 is 1.38 bits per heavy atom. The third-order valence-corrected chi connectivity index (χ3v) is 10.8. The van der Waals surface area contributed by atoms with Gasteiger partial charge in [0.1, 0.15) is 19.8 Å². The molecule has 0 aromatic heterocycles. The number of quaternary nitrogens is 1. The number of ether oxygens (including phenoxy) is 2. The van der Waals surface area contributed by atoms with E-state index in [0.29, 0.717) is 23.9 Å². The van der Waals surface area contributed by atoms with Gasteiger partial charge in [-0.25, -0.2) is 0 Å². The van der Waals surface area contributed by atoms with Crippen LogP contribution in [0.1, 0.15) is 174 Å². The van der Waals surface area contributed by atoms with Gasteiger partial charge in [-0.2, -0.15) is 0 Å². The summed E-state index contributed by atoms with van der Waals surface area (Å²) in [5.74, 6) is -0.902. The highest BCUT2D eigenvalue weighted by Gasteiger charge is 2.21. The molecular formula is C53H90NO8P. The van der Waals surface area contributed by atoms with Crippen molar-refractivity contribution in [1.82, 2.24) is 0 Å². The highest BCUT2D eigenvalue weighted by molar-refractivity contribution is 7.45. The van der Waals surface area contributed by atoms with Gasteiger partial charge in [0.15, 0.2) is 6.10 Å². The van der Waals surface area contributed by atoms with Gasteiger partial charge in [0.05, 0.1) is 27.7 Å². The van der Waals surface area contributed by atoms with E-state index < -0.39 is 32.5 Å². The average molecular weight is 900 g/mol. The zero-order valence-electron chi connectivity index (χ0n) is 40.5. The lowest BCUT2D eigenvalue weighted by atomic mass is 10.1. The second-order valence-corrected chi connectivity index (χ2v) is 18.5. The molecule has 0 bridgehead atoms. The molecule has 2 atom stereocenters. The van der Waals surface area contributed by atoms with Gasteiger partial charge in [0.2, 0.25) is 0 Å². The van der Waals surface area contributed by atoms with E-state index in [-0.39, 0.29) is 26.1 Å². The Morgan fingerprint density at radius 1 is 0.508 bits per heavy atom. The molecule has 0 spiro atoms. The molecular weight excluding hydrogens is 810 g/mol. The monoisotopic (exact) mass is 900 g/mol. The Balaban J connectivity index is 4.42. The summed E-state index contributed by atoms with van der Waals surface area (Å²) < 4.78 is 33.9. The molecule has 360 valence electrons. The number of hydrogen-bond acceptors (Lipinski definition) is 8. The van der Waals surface area contributed by atoms with Crippen molar-refractivity contribution in [3.05, 3.63) is 97.2 Å². The predicted molar refractivity (Wildman–Crippen MR) is 263 cm³/mol. The van der Waals surface area contributed by atoms with E-state index in [1.54, 1.807) is 0 Å². The van der Waals surface area contributed by atoms with Crippen LogP contribution in [0.15, 0.2) is 97.2 Å². The van der Waals surface area contributed by atoms with Crippen LogP contribution in [0.2, 0.25) is 0 Å².